The van der Waals surface area contributed by atoms with E-state index < -0.39 is 0 Å². The van der Waals surface area contributed by atoms with Crippen LogP contribution in [0.2, 0.25) is 0 Å². The van der Waals surface area contributed by atoms with Crippen molar-refractivity contribution in [1.29, 1.82) is 0 Å². The largest absolute Gasteiger partial charge is 0.302 e. The molecule has 1 aromatic carbocycles. The summed E-state index contributed by atoms with van der Waals surface area (Å²) in [7, 11) is 0. The van der Waals surface area contributed by atoms with Gasteiger partial charge in [-0.2, -0.15) is 0 Å². The Balaban J connectivity index is 1.71. The molecule has 1 aliphatic rings. The SMILES string of the molecule is c1ccc(C2(NCc3cccs3)CC2)cc1. The number of hydrogen-bond acceptors (Lipinski definition) is 2. The van der Waals surface area contributed by atoms with Gasteiger partial charge in [0.25, 0.3) is 0 Å². The van der Waals surface area contributed by atoms with Crippen molar-refractivity contribution < 1.29 is 0 Å². The lowest BCUT2D eigenvalue weighted by molar-refractivity contribution is 0.522. The zero-order chi connectivity index (χ0) is 10.8. The number of benzene rings is 1. The molecule has 0 saturated heterocycles. The number of rotatable bonds is 4. The van der Waals surface area contributed by atoms with Crippen molar-refractivity contribution in [3.8, 4) is 0 Å². The van der Waals surface area contributed by atoms with E-state index in [9.17, 15) is 0 Å². The first-order chi connectivity index (χ1) is 7.89. The van der Waals surface area contributed by atoms with Gasteiger partial charge in [-0.3, -0.25) is 0 Å². The molecular weight excluding hydrogens is 214 g/mol. The van der Waals surface area contributed by atoms with Crippen LogP contribution in [0.25, 0.3) is 0 Å². The van der Waals surface area contributed by atoms with E-state index in [1.165, 1.54) is 23.3 Å². The average molecular weight is 229 g/mol. The van der Waals surface area contributed by atoms with Gasteiger partial charge in [0, 0.05) is 17.0 Å². The summed E-state index contributed by atoms with van der Waals surface area (Å²) in [5.41, 5.74) is 1.71. The molecule has 0 amide bonds. The summed E-state index contributed by atoms with van der Waals surface area (Å²) < 4.78 is 0. The van der Waals surface area contributed by atoms with Gasteiger partial charge < -0.3 is 5.32 Å². The molecule has 0 unspecified atom stereocenters. The second-order valence-corrected chi connectivity index (χ2v) is 5.41. The minimum atomic E-state index is 0.269. The molecule has 0 spiro atoms. The highest BCUT2D eigenvalue weighted by Gasteiger charge is 2.43. The lowest BCUT2D eigenvalue weighted by Crippen LogP contribution is -2.27. The first kappa shape index (κ1) is 10.1. The third-order valence-electron chi connectivity index (χ3n) is 3.26. The Bertz CT molecular complexity index is 443. The number of nitrogens with one attached hydrogen (secondary N) is 1. The van der Waals surface area contributed by atoms with Crippen molar-refractivity contribution in [2.75, 3.05) is 0 Å². The molecule has 0 atom stereocenters. The monoisotopic (exact) mass is 229 g/mol. The van der Waals surface area contributed by atoms with E-state index in [0.717, 1.165) is 6.54 Å². The fourth-order valence-corrected chi connectivity index (χ4v) is 2.76. The lowest BCUT2D eigenvalue weighted by atomic mass is 10.1. The van der Waals surface area contributed by atoms with Gasteiger partial charge in [-0.15, -0.1) is 11.3 Å². The number of hydrogen-bond donors (Lipinski definition) is 1. The van der Waals surface area contributed by atoms with Crippen molar-refractivity contribution in [2.45, 2.75) is 24.9 Å². The molecule has 3 rings (SSSR count). The zero-order valence-corrected chi connectivity index (χ0v) is 9.96. The molecule has 1 N–H and O–H groups in total. The topological polar surface area (TPSA) is 12.0 Å². The van der Waals surface area contributed by atoms with Crippen LogP contribution in [0.15, 0.2) is 47.8 Å². The minimum Gasteiger partial charge on any atom is -0.302 e. The first-order valence-electron chi connectivity index (χ1n) is 5.72. The van der Waals surface area contributed by atoms with Gasteiger partial charge in [0.15, 0.2) is 0 Å². The summed E-state index contributed by atoms with van der Waals surface area (Å²) in [4.78, 5) is 1.42. The molecule has 0 radical (unpaired) electrons. The molecule has 2 heteroatoms. The van der Waals surface area contributed by atoms with Crippen LogP contribution in [0.5, 0.6) is 0 Å². The summed E-state index contributed by atoms with van der Waals surface area (Å²) in [6, 6.07) is 15.1. The smallest absolute Gasteiger partial charge is 0.0439 e. The Hall–Kier alpha value is -1.12. The molecule has 2 aromatic rings. The Morgan fingerprint density at radius 1 is 1.06 bits per heavy atom. The van der Waals surface area contributed by atoms with Gasteiger partial charge in [0.2, 0.25) is 0 Å². The highest BCUT2D eigenvalue weighted by molar-refractivity contribution is 7.09. The standard InChI is InChI=1S/C14H15NS/c1-2-5-12(6-3-1)14(8-9-14)15-11-13-7-4-10-16-13/h1-7,10,15H,8-9,11H2. The third-order valence-corrected chi connectivity index (χ3v) is 4.13. The predicted molar refractivity (Wildman–Crippen MR) is 68.5 cm³/mol. The molecular formula is C14H15NS. The van der Waals surface area contributed by atoms with Crippen LogP contribution in [0.3, 0.4) is 0 Å². The third kappa shape index (κ3) is 1.91. The molecule has 1 saturated carbocycles. The summed E-state index contributed by atoms with van der Waals surface area (Å²) in [6.45, 7) is 0.993. The van der Waals surface area contributed by atoms with Gasteiger partial charge in [-0.1, -0.05) is 36.4 Å². The van der Waals surface area contributed by atoms with Crippen molar-refractivity contribution in [2.24, 2.45) is 0 Å². The van der Waals surface area contributed by atoms with Crippen LogP contribution < -0.4 is 5.32 Å². The Morgan fingerprint density at radius 3 is 2.50 bits per heavy atom. The van der Waals surface area contributed by atoms with Crippen molar-refractivity contribution in [3.05, 3.63) is 58.3 Å². The van der Waals surface area contributed by atoms with Crippen molar-refractivity contribution in [1.82, 2.24) is 5.32 Å². The molecule has 1 aromatic heterocycles. The highest BCUT2D eigenvalue weighted by atomic mass is 32.1. The van der Waals surface area contributed by atoms with Gasteiger partial charge >= 0.3 is 0 Å². The molecule has 1 nitrogen and oxygen atoms in total. The Labute approximate surface area is 100 Å². The summed E-state index contributed by atoms with van der Waals surface area (Å²) >= 11 is 1.82. The molecule has 1 fully saturated rings. The second-order valence-electron chi connectivity index (χ2n) is 4.38. The van der Waals surface area contributed by atoms with Crippen molar-refractivity contribution >= 4 is 11.3 Å². The molecule has 0 bridgehead atoms. The van der Waals surface area contributed by atoms with Crippen LogP contribution >= 0.6 is 11.3 Å². The minimum absolute atomic E-state index is 0.269. The van der Waals surface area contributed by atoms with E-state index in [1.807, 2.05) is 11.3 Å². The predicted octanol–water partition coefficient (Wildman–Crippen LogP) is 3.53. The van der Waals surface area contributed by atoms with Gasteiger partial charge in [0.05, 0.1) is 0 Å². The quantitative estimate of drug-likeness (QED) is 0.845. The van der Waals surface area contributed by atoms with Crippen molar-refractivity contribution in [3.63, 3.8) is 0 Å². The van der Waals surface area contributed by atoms with Crippen LogP contribution in [-0.2, 0) is 12.1 Å². The Morgan fingerprint density at radius 2 is 1.88 bits per heavy atom. The molecule has 0 aliphatic heterocycles. The normalized spacial score (nSPS) is 17.2. The first-order valence-corrected chi connectivity index (χ1v) is 6.60. The Kier molecular flexibility index (Phi) is 2.54. The molecule has 1 aliphatic carbocycles. The van der Waals surface area contributed by atoms with E-state index in [1.54, 1.807) is 0 Å². The van der Waals surface area contributed by atoms with Crippen LogP contribution in [0, 0.1) is 0 Å². The lowest BCUT2D eigenvalue weighted by Gasteiger charge is -2.17. The van der Waals surface area contributed by atoms with Crippen LogP contribution in [0.1, 0.15) is 23.3 Å². The van der Waals surface area contributed by atoms with Crippen LogP contribution in [-0.4, -0.2) is 0 Å². The van der Waals surface area contributed by atoms with E-state index in [2.05, 4.69) is 53.2 Å². The van der Waals surface area contributed by atoms with E-state index in [0.29, 0.717) is 0 Å². The van der Waals surface area contributed by atoms with Gasteiger partial charge in [-0.25, -0.2) is 0 Å². The average Bonchev–Trinajstić information content (AvgIpc) is 2.96. The summed E-state index contributed by atoms with van der Waals surface area (Å²) in [5.74, 6) is 0. The fourth-order valence-electron chi connectivity index (χ4n) is 2.12. The maximum atomic E-state index is 3.70. The molecule has 1 heterocycles. The summed E-state index contributed by atoms with van der Waals surface area (Å²) in [6.07, 6.45) is 2.53. The fraction of sp³-hybridized carbons (Fsp3) is 0.286. The zero-order valence-electron chi connectivity index (χ0n) is 9.15. The van der Waals surface area contributed by atoms with E-state index in [4.69, 9.17) is 0 Å². The van der Waals surface area contributed by atoms with E-state index >= 15 is 0 Å². The molecule has 82 valence electrons. The van der Waals surface area contributed by atoms with E-state index in [-0.39, 0.29) is 5.54 Å². The maximum Gasteiger partial charge on any atom is 0.0439 e. The van der Waals surface area contributed by atoms with Gasteiger partial charge in [-0.05, 0) is 29.9 Å². The highest BCUT2D eigenvalue weighted by Crippen LogP contribution is 2.45. The summed E-state index contributed by atoms with van der Waals surface area (Å²) in [5, 5.41) is 5.84. The van der Waals surface area contributed by atoms with Crippen LogP contribution in [0.4, 0.5) is 0 Å². The number of thiophene rings is 1. The van der Waals surface area contributed by atoms with Gasteiger partial charge in [0.1, 0.15) is 0 Å². The second kappa shape index (κ2) is 4.04. The maximum absolute atomic E-state index is 3.70. The molecule has 16 heavy (non-hydrogen) atoms.